The molecule has 1 aromatic carbocycles. The predicted octanol–water partition coefficient (Wildman–Crippen LogP) is 3.94. The van der Waals surface area contributed by atoms with Gasteiger partial charge in [-0.2, -0.15) is 0 Å². The summed E-state index contributed by atoms with van der Waals surface area (Å²) >= 11 is 3.42. The van der Waals surface area contributed by atoms with Crippen LogP contribution in [-0.4, -0.2) is 40.3 Å². The SMILES string of the molecule is CCOc1cc(C(=O)Nc2cc(Br)cn3cnnc23)cc(OCC)c1OCC. The van der Waals surface area contributed by atoms with Gasteiger partial charge in [0.1, 0.15) is 6.33 Å². The van der Waals surface area contributed by atoms with Crippen molar-refractivity contribution >= 4 is 33.2 Å². The standard InChI is InChI=1S/C19H21BrN4O4/c1-4-26-15-7-12(8-16(27-5-2)17(15)28-6-3)19(25)22-14-9-13(20)10-24-11-21-23-18(14)24/h7-11H,4-6H2,1-3H3,(H,22,25). The van der Waals surface area contributed by atoms with Gasteiger partial charge in [-0.05, 0) is 54.9 Å². The Balaban J connectivity index is 1.99. The number of hydrogen-bond donors (Lipinski definition) is 1. The highest BCUT2D eigenvalue weighted by Crippen LogP contribution is 2.39. The lowest BCUT2D eigenvalue weighted by Crippen LogP contribution is -2.14. The smallest absolute Gasteiger partial charge is 0.256 e. The Hall–Kier alpha value is -2.81. The Kier molecular flexibility index (Phi) is 6.35. The third-order valence-electron chi connectivity index (χ3n) is 3.78. The van der Waals surface area contributed by atoms with Crippen LogP contribution in [-0.2, 0) is 0 Å². The Labute approximate surface area is 170 Å². The Morgan fingerprint density at radius 3 is 2.32 bits per heavy atom. The van der Waals surface area contributed by atoms with Gasteiger partial charge in [-0.15, -0.1) is 10.2 Å². The molecular formula is C19H21BrN4O4. The second kappa shape index (κ2) is 8.92. The molecule has 0 fully saturated rings. The molecule has 2 aromatic heterocycles. The summed E-state index contributed by atoms with van der Waals surface area (Å²) in [6.45, 7) is 6.93. The molecule has 0 saturated heterocycles. The lowest BCUT2D eigenvalue weighted by Gasteiger charge is -2.17. The van der Waals surface area contributed by atoms with Crippen molar-refractivity contribution in [1.82, 2.24) is 14.6 Å². The van der Waals surface area contributed by atoms with Crippen molar-refractivity contribution in [2.75, 3.05) is 25.1 Å². The zero-order valence-electron chi connectivity index (χ0n) is 15.9. The van der Waals surface area contributed by atoms with E-state index in [1.54, 1.807) is 28.9 Å². The summed E-state index contributed by atoms with van der Waals surface area (Å²) in [4.78, 5) is 12.9. The number of carbonyl (C=O) groups excluding carboxylic acids is 1. The molecule has 0 radical (unpaired) electrons. The monoisotopic (exact) mass is 448 g/mol. The molecule has 0 unspecified atom stereocenters. The first-order valence-corrected chi connectivity index (χ1v) is 9.73. The number of carbonyl (C=O) groups is 1. The molecule has 0 spiro atoms. The molecular weight excluding hydrogens is 428 g/mol. The second-order valence-electron chi connectivity index (χ2n) is 5.69. The van der Waals surface area contributed by atoms with E-state index in [1.165, 1.54) is 0 Å². The van der Waals surface area contributed by atoms with Gasteiger partial charge >= 0.3 is 0 Å². The molecule has 3 aromatic rings. The number of benzene rings is 1. The summed E-state index contributed by atoms with van der Waals surface area (Å²) in [5, 5.41) is 10.8. The number of nitrogens with zero attached hydrogens (tertiary/aromatic N) is 3. The normalized spacial score (nSPS) is 10.7. The van der Waals surface area contributed by atoms with Gasteiger partial charge in [-0.3, -0.25) is 9.20 Å². The molecule has 2 heterocycles. The van der Waals surface area contributed by atoms with Gasteiger partial charge in [0, 0.05) is 16.2 Å². The molecule has 28 heavy (non-hydrogen) atoms. The van der Waals surface area contributed by atoms with E-state index >= 15 is 0 Å². The van der Waals surface area contributed by atoms with Gasteiger partial charge in [0.25, 0.3) is 5.91 Å². The molecule has 0 atom stereocenters. The molecule has 3 rings (SSSR count). The number of anilines is 1. The number of ether oxygens (including phenoxy) is 3. The van der Waals surface area contributed by atoms with Gasteiger partial charge in [-0.25, -0.2) is 0 Å². The minimum absolute atomic E-state index is 0.326. The van der Waals surface area contributed by atoms with Crippen molar-refractivity contribution in [3.8, 4) is 17.2 Å². The number of halogens is 1. The summed E-state index contributed by atoms with van der Waals surface area (Å²) in [5.41, 5.74) is 1.45. The highest BCUT2D eigenvalue weighted by Gasteiger charge is 2.19. The fourth-order valence-electron chi connectivity index (χ4n) is 2.71. The van der Waals surface area contributed by atoms with Crippen LogP contribution in [0.3, 0.4) is 0 Å². The van der Waals surface area contributed by atoms with Crippen LogP contribution in [0.2, 0.25) is 0 Å². The third-order valence-corrected chi connectivity index (χ3v) is 4.21. The first kappa shape index (κ1) is 19.9. The van der Waals surface area contributed by atoms with Gasteiger partial charge in [0.2, 0.25) is 5.75 Å². The average molecular weight is 449 g/mol. The lowest BCUT2D eigenvalue weighted by molar-refractivity contribution is 0.102. The molecule has 148 valence electrons. The fraction of sp³-hybridized carbons (Fsp3) is 0.316. The maximum absolute atomic E-state index is 12.9. The molecule has 8 nitrogen and oxygen atoms in total. The van der Waals surface area contributed by atoms with Crippen LogP contribution < -0.4 is 19.5 Å². The van der Waals surface area contributed by atoms with E-state index in [1.807, 2.05) is 27.0 Å². The van der Waals surface area contributed by atoms with Crippen molar-refractivity contribution in [2.45, 2.75) is 20.8 Å². The van der Waals surface area contributed by atoms with E-state index in [2.05, 4.69) is 31.4 Å². The number of fused-ring (bicyclic) bond motifs is 1. The van der Waals surface area contributed by atoms with E-state index < -0.39 is 0 Å². The van der Waals surface area contributed by atoms with Crippen molar-refractivity contribution in [1.29, 1.82) is 0 Å². The van der Waals surface area contributed by atoms with E-state index in [9.17, 15) is 4.79 Å². The minimum Gasteiger partial charge on any atom is -0.490 e. The van der Waals surface area contributed by atoms with Gasteiger partial charge < -0.3 is 19.5 Å². The molecule has 0 aliphatic heterocycles. The zero-order chi connectivity index (χ0) is 20.1. The maximum Gasteiger partial charge on any atom is 0.256 e. The topological polar surface area (TPSA) is 87.0 Å². The van der Waals surface area contributed by atoms with E-state index in [0.717, 1.165) is 4.47 Å². The predicted molar refractivity (Wildman–Crippen MR) is 109 cm³/mol. The third kappa shape index (κ3) is 4.19. The van der Waals surface area contributed by atoms with Crippen LogP contribution in [0.25, 0.3) is 5.65 Å². The summed E-state index contributed by atoms with van der Waals surface area (Å²) in [7, 11) is 0. The molecule has 0 aliphatic rings. The molecule has 9 heteroatoms. The Morgan fingerprint density at radius 2 is 1.71 bits per heavy atom. The highest BCUT2D eigenvalue weighted by atomic mass is 79.9. The van der Waals surface area contributed by atoms with Crippen LogP contribution in [0, 0.1) is 0 Å². The number of pyridine rings is 1. The van der Waals surface area contributed by atoms with Crippen LogP contribution in [0.15, 0.2) is 35.2 Å². The van der Waals surface area contributed by atoms with Crippen LogP contribution >= 0.6 is 15.9 Å². The molecule has 1 amide bonds. The zero-order valence-corrected chi connectivity index (χ0v) is 17.4. The van der Waals surface area contributed by atoms with Crippen LogP contribution in [0.4, 0.5) is 5.69 Å². The van der Waals surface area contributed by atoms with Crippen LogP contribution in [0.1, 0.15) is 31.1 Å². The van der Waals surface area contributed by atoms with Gasteiger partial charge in [-0.1, -0.05) is 0 Å². The van der Waals surface area contributed by atoms with Crippen molar-refractivity contribution in [2.24, 2.45) is 0 Å². The molecule has 1 N–H and O–H groups in total. The van der Waals surface area contributed by atoms with Crippen molar-refractivity contribution < 1.29 is 19.0 Å². The summed E-state index contributed by atoms with van der Waals surface area (Å²) in [6, 6.07) is 5.06. The number of aromatic nitrogens is 3. The highest BCUT2D eigenvalue weighted by molar-refractivity contribution is 9.10. The average Bonchev–Trinajstić information content (AvgIpc) is 3.13. The van der Waals surface area contributed by atoms with Crippen molar-refractivity contribution in [3.63, 3.8) is 0 Å². The molecule has 0 saturated carbocycles. The quantitative estimate of drug-likeness (QED) is 0.561. The van der Waals surface area contributed by atoms with E-state index in [0.29, 0.717) is 54.0 Å². The largest absolute Gasteiger partial charge is 0.490 e. The van der Waals surface area contributed by atoms with Gasteiger partial charge in [0.15, 0.2) is 17.1 Å². The molecule has 0 aliphatic carbocycles. The minimum atomic E-state index is -0.326. The number of amides is 1. The summed E-state index contributed by atoms with van der Waals surface area (Å²) in [6.07, 6.45) is 3.37. The summed E-state index contributed by atoms with van der Waals surface area (Å²) in [5.74, 6) is 1.09. The first-order valence-electron chi connectivity index (χ1n) is 8.94. The van der Waals surface area contributed by atoms with E-state index in [-0.39, 0.29) is 5.91 Å². The maximum atomic E-state index is 12.9. The number of hydrogen-bond acceptors (Lipinski definition) is 6. The van der Waals surface area contributed by atoms with E-state index in [4.69, 9.17) is 14.2 Å². The first-order chi connectivity index (χ1) is 13.6. The van der Waals surface area contributed by atoms with Crippen LogP contribution in [0.5, 0.6) is 17.2 Å². The number of nitrogens with one attached hydrogen (secondary N) is 1. The molecule has 0 bridgehead atoms. The summed E-state index contributed by atoms with van der Waals surface area (Å²) < 4.78 is 19.5. The Morgan fingerprint density at radius 1 is 1.07 bits per heavy atom. The van der Waals surface area contributed by atoms with Gasteiger partial charge in [0.05, 0.1) is 25.5 Å². The Bertz CT molecular complexity index is 962. The lowest BCUT2D eigenvalue weighted by atomic mass is 10.1. The second-order valence-corrected chi connectivity index (χ2v) is 6.60. The fourth-order valence-corrected chi connectivity index (χ4v) is 3.16. The number of rotatable bonds is 8. The van der Waals surface area contributed by atoms with Crippen molar-refractivity contribution in [3.05, 3.63) is 40.8 Å².